The van der Waals surface area contributed by atoms with Crippen LogP contribution < -0.4 is 11.1 Å². The molecule has 5 nitrogen and oxygen atoms in total. The molecule has 0 radical (unpaired) electrons. The van der Waals surface area contributed by atoms with Crippen molar-refractivity contribution < 1.29 is 9.53 Å². The summed E-state index contributed by atoms with van der Waals surface area (Å²) in [6.07, 6.45) is -0.737. The summed E-state index contributed by atoms with van der Waals surface area (Å²) in [5, 5.41) is 4.00. The molecule has 1 rings (SSSR count). The molecule has 6 heteroatoms. The van der Waals surface area contributed by atoms with E-state index < -0.39 is 6.09 Å². The summed E-state index contributed by atoms with van der Waals surface area (Å²) >= 11 is 1.70. The monoisotopic (exact) mass is 217 g/mol. The molecule has 0 aromatic heterocycles. The van der Waals surface area contributed by atoms with Crippen LogP contribution in [0.15, 0.2) is 4.99 Å². The predicted octanol–water partition coefficient (Wildman–Crippen LogP) is 0.410. The number of thioether (sulfide) groups is 1. The van der Waals surface area contributed by atoms with Gasteiger partial charge >= 0.3 is 6.09 Å². The average Bonchev–Trinajstić information content (AvgIpc) is 2.15. The highest BCUT2D eigenvalue weighted by Gasteiger charge is 2.11. The molecule has 1 amide bonds. The van der Waals surface area contributed by atoms with E-state index in [-0.39, 0.29) is 6.61 Å². The van der Waals surface area contributed by atoms with Gasteiger partial charge in [-0.15, -0.1) is 0 Å². The van der Waals surface area contributed by atoms with Crippen LogP contribution in [0.1, 0.15) is 6.92 Å². The Morgan fingerprint density at radius 2 is 2.64 bits per heavy atom. The highest BCUT2D eigenvalue weighted by atomic mass is 32.2. The van der Waals surface area contributed by atoms with Crippen LogP contribution in [0.4, 0.5) is 4.79 Å². The Kier molecular flexibility index (Phi) is 4.58. The van der Waals surface area contributed by atoms with Crippen molar-refractivity contribution in [1.82, 2.24) is 5.32 Å². The minimum atomic E-state index is -0.737. The average molecular weight is 217 g/mol. The van der Waals surface area contributed by atoms with Gasteiger partial charge in [0.15, 0.2) is 5.17 Å². The summed E-state index contributed by atoms with van der Waals surface area (Å²) < 4.78 is 4.57. The summed E-state index contributed by atoms with van der Waals surface area (Å²) in [7, 11) is 0. The molecule has 3 N–H and O–H groups in total. The van der Waals surface area contributed by atoms with Crippen LogP contribution in [0.3, 0.4) is 0 Å². The lowest BCUT2D eigenvalue weighted by atomic mass is 10.2. The number of carbonyl (C=O) groups is 1. The molecule has 1 aliphatic heterocycles. The second-order valence-corrected chi connectivity index (χ2v) is 4.16. The number of nitrogens with zero attached hydrogens (tertiary/aromatic N) is 1. The molecule has 0 fully saturated rings. The van der Waals surface area contributed by atoms with Crippen molar-refractivity contribution in [1.29, 1.82) is 0 Å². The molecular weight excluding hydrogens is 202 g/mol. The molecule has 0 spiro atoms. The second-order valence-electron chi connectivity index (χ2n) is 3.16. The van der Waals surface area contributed by atoms with Crippen LogP contribution in [0.5, 0.6) is 0 Å². The van der Waals surface area contributed by atoms with Crippen molar-refractivity contribution in [2.24, 2.45) is 16.6 Å². The predicted molar refractivity (Wildman–Crippen MR) is 57.5 cm³/mol. The Labute approximate surface area is 87.5 Å². The molecular formula is C8H15N3O2S. The second kappa shape index (κ2) is 5.74. The zero-order chi connectivity index (χ0) is 10.4. The summed E-state index contributed by atoms with van der Waals surface area (Å²) in [6.45, 7) is 3.88. The summed E-state index contributed by atoms with van der Waals surface area (Å²) in [5.41, 5.74) is 4.81. The van der Waals surface area contributed by atoms with Gasteiger partial charge in [0.2, 0.25) is 0 Å². The Morgan fingerprint density at radius 3 is 3.21 bits per heavy atom. The highest BCUT2D eigenvalue weighted by Crippen LogP contribution is 2.15. The van der Waals surface area contributed by atoms with Gasteiger partial charge in [-0.05, 0) is 5.92 Å². The smallest absolute Gasteiger partial charge is 0.404 e. The van der Waals surface area contributed by atoms with Gasteiger partial charge in [-0.3, -0.25) is 4.99 Å². The van der Waals surface area contributed by atoms with E-state index in [1.165, 1.54) is 0 Å². The molecule has 0 saturated heterocycles. The van der Waals surface area contributed by atoms with Gasteiger partial charge in [0, 0.05) is 12.3 Å². The maximum absolute atomic E-state index is 10.2. The van der Waals surface area contributed by atoms with E-state index in [4.69, 9.17) is 5.73 Å². The molecule has 0 saturated carbocycles. The third kappa shape index (κ3) is 4.36. The van der Waals surface area contributed by atoms with Crippen molar-refractivity contribution in [3.8, 4) is 0 Å². The molecule has 0 aromatic carbocycles. The first-order valence-corrected chi connectivity index (χ1v) is 5.50. The number of ether oxygens (including phenoxy) is 1. The molecule has 14 heavy (non-hydrogen) atoms. The van der Waals surface area contributed by atoms with Crippen LogP contribution >= 0.6 is 11.8 Å². The van der Waals surface area contributed by atoms with E-state index >= 15 is 0 Å². The van der Waals surface area contributed by atoms with E-state index in [0.717, 1.165) is 17.5 Å². The van der Waals surface area contributed by atoms with E-state index in [0.29, 0.717) is 12.5 Å². The minimum Gasteiger partial charge on any atom is -0.448 e. The van der Waals surface area contributed by atoms with Gasteiger partial charge in [0.05, 0.1) is 6.54 Å². The van der Waals surface area contributed by atoms with Crippen molar-refractivity contribution in [3.63, 3.8) is 0 Å². The third-order valence-corrected chi connectivity index (χ3v) is 2.96. The number of amidine groups is 1. The quantitative estimate of drug-likeness (QED) is 0.671. The van der Waals surface area contributed by atoms with E-state index in [1.54, 1.807) is 11.8 Å². The van der Waals surface area contributed by atoms with Crippen LogP contribution in [0.25, 0.3) is 0 Å². The van der Waals surface area contributed by atoms with Crippen LogP contribution in [-0.4, -0.2) is 36.7 Å². The van der Waals surface area contributed by atoms with E-state index in [1.807, 2.05) is 0 Å². The summed E-state index contributed by atoms with van der Waals surface area (Å²) in [4.78, 5) is 14.6. The zero-order valence-electron chi connectivity index (χ0n) is 8.16. The SMILES string of the molecule is CC1CN=C(NCCOC(N)=O)SC1. The first-order chi connectivity index (χ1) is 6.68. The number of hydrogen-bond acceptors (Lipinski definition) is 5. The molecule has 0 bridgehead atoms. The summed E-state index contributed by atoms with van der Waals surface area (Å²) in [6, 6.07) is 0. The van der Waals surface area contributed by atoms with Gasteiger partial charge in [-0.2, -0.15) is 0 Å². The van der Waals surface area contributed by atoms with Gasteiger partial charge in [-0.1, -0.05) is 18.7 Å². The van der Waals surface area contributed by atoms with Crippen molar-refractivity contribution in [3.05, 3.63) is 0 Å². The molecule has 1 aliphatic rings. The van der Waals surface area contributed by atoms with Crippen molar-refractivity contribution >= 4 is 23.0 Å². The largest absolute Gasteiger partial charge is 0.448 e. The maximum Gasteiger partial charge on any atom is 0.404 e. The molecule has 1 heterocycles. The molecule has 80 valence electrons. The zero-order valence-corrected chi connectivity index (χ0v) is 8.97. The van der Waals surface area contributed by atoms with Crippen LogP contribution in [0.2, 0.25) is 0 Å². The Hall–Kier alpha value is -0.910. The van der Waals surface area contributed by atoms with Gasteiger partial charge in [-0.25, -0.2) is 4.79 Å². The lowest BCUT2D eigenvalue weighted by Gasteiger charge is -2.17. The number of carbonyl (C=O) groups excluding carboxylic acids is 1. The number of rotatable bonds is 3. The van der Waals surface area contributed by atoms with Crippen LogP contribution in [0, 0.1) is 5.92 Å². The molecule has 1 unspecified atom stereocenters. The standard InChI is InChI=1S/C8H15N3O2S/c1-6-4-11-8(14-5-6)10-2-3-13-7(9)12/h6H,2-5H2,1H3,(H2,9,12)(H,10,11). The molecule has 0 aliphatic carbocycles. The number of amides is 1. The fourth-order valence-corrected chi connectivity index (χ4v) is 1.89. The van der Waals surface area contributed by atoms with E-state index in [2.05, 4.69) is 22.0 Å². The maximum atomic E-state index is 10.2. The lowest BCUT2D eigenvalue weighted by molar-refractivity contribution is 0.159. The minimum absolute atomic E-state index is 0.282. The third-order valence-electron chi connectivity index (χ3n) is 1.67. The molecule has 1 atom stereocenters. The number of primary amides is 1. The summed E-state index contributed by atoms with van der Waals surface area (Å²) in [5.74, 6) is 1.73. The fraction of sp³-hybridized carbons (Fsp3) is 0.750. The highest BCUT2D eigenvalue weighted by molar-refractivity contribution is 8.13. The van der Waals surface area contributed by atoms with Crippen LogP contribution in [-0.2, 0) is 4.74 Å². The Balaban J connectivity index is 2.10. The normalized spacial score (nSPS) is 21.2. The number of hydrogen-bond donors (Lipinski definition) is 2. The first kappa shape index (κ1) is 11.2. The van der Waals surface area contributed by atoms with Gasteiger partial charge in [0.1, 0.15) is 6.61 Å². The topological polar surface area (TPSA) is 76.7 Å². The lowest BCUT2D eigenvalue weighted by Crippen LogP contribution is -2.30. The fourth-order valence-electron chi connectivity index (χ4n) is 0.975. The number of nitrogens with two attached hydrogens (primary N) is 1. The van der Waals surface area contributed by atoms with Crippen molar-refractivity contribution in [2.75, 3.05) is 25.4 Å². The molecule has 0 aromatic rings. The first-order valence-electron chi connectivity index (χ1n) is 4.52. The Bertz CT molecular complexity index is 233. The number of nitrogens with one attached hydrogen (secondary N) is 1. The number of aliphatic imine (C=N–C) groups is 1. The van der Waals surface area contributed by atoms with Gasteiger partial charge in [0.25, 0.3) is 0 Å². The Morgan fingerprint density at radius 1 is 1.86 bits per heavy atom. The van der Waals surface area contributed by atoms with Crippen molar-refractivity contribution in [2.45, 2.75) is 6.92 Å². The van der Waals surface area contributed by atoms with Gasteiger partial charge < -0.3 is 15.8 Å². The van der Waals surface area contributed by atoms with E-state index in [9.17, 15) is 4.79 Å².